The third-order valence-electron chi connectivity index (χ3n) is 2.79. The zero-order valence-corrected chi connectivity index (χ0v) is 13.7. The smallest absolute Gasteiger partial charge is 0.254 e. The Bertz CT molecular complexity index is 631. The topological polar surface area (TPSA) is 29.1 Å². The molecule has 2 aromatic rings. The summed E-state index contributed by atoms with van der Waals surface area (Å²) in [6, 6.07) is 12.5. The molecule has 0 saturated heterocycles. The van der Waals surface area contributed by atoms with Gasteiger partial charge in [0, 0.05) is 11.9 Å². The third-order valence-corrected chi connectivity index (χ3v) is 4.05. The number of rotatable bonds is 4. The molecular formula is C15H12Br2FNO. The summed E-state index contributed by atoms with van der Waals surface area (Å²) in [5, 5.41) is 3.48. The largest absolute Gasteiger partial charge is 0.348 e. The molecule has 2 nitrogen and oxygen atoms in total. The normalized spacial score (nSPS) is 10.3. The van der Waals surface area contributed by atoms with E-state index >= 15 is 0 Å². The molecule has 0 aromatic heterocycles. The van der Waals surface area contributed by atoms with Gasteiger partial charge in [-0.05, 0) is 39.2 Å². The quantitative estimate of drug-likeness (QED) is 0.756. The first-order valence-corrected chi connectivity index (χ1v) is 7.89. The fourth-order valence-electron chi connectivity index (χ4n) is 1.78. The average molecular weight is 401 g/mol. The molecule has 0 heterocycles. The minimum absolute atomic E-state index is 0.0380. The van der Waals surface area contributed by atoms with E-state index in [1.54, 1.807) is 12.1 Å². The maximum atomic E-state index is 13.8. The van der Waals surface area contributed by atoms with Crippen LogP contribution in [0, 0.1) is 5.82 Å². The van der Waals surface area contributed by atoms with Crippen LogP contribution in [-0.2, 0) is 11.9 Å². The van der Waals surface area contributed by atoms with E-state index in [0.717, 1.165) is 16.5 Å². The molecule has 0 saturated carbocycles. The second-order valence-corrected chi connectivity index (χ2v) is 5.65. The summed E-state index contributed by atoms with van der Waals surface area (Å²) in [6.45, 7) is 0.367. The van der Waals surface area contributed by atoms with Crippen LogP contribution in [0.3, 0.4) is 0 Å². The zero-order chi connectivity index (χ0) is 14.5. The number of benzene rings is 2. The average Bonchev–Trinajstić information content (AvgIpc) is 2.48. The van der Waals surface area contributed by atoms with Crippen LogP contribution in [0.1, 0.15) is 21.5 Å². The maximum absolute atomic E-state index is 13.8. The lowest BCUT2D eigenvalue weighted by atomic mass is 10.1. The van der Waals surface area contributed by atoms with Crippen molar-refractivity contribution in [1.82, 2.24) is 5.32 Å². The van der Waals surface area contributed by atoms with Gasteiger partial charge in [0.05, 0.1) is 10.0 Å². The standard InChI is InChI=1S/C15H12Br2FNO/c16-8-10-3-1-4-11(7-10)9-19-15(20)12-5-2-6-13(17)14(12)18/h1-7H,8-9H2,(H,19,20). The van der Waals surface area contributed by atoms with E-state index in [2.05, 4.69) is 37.2 Å². The fraction of sp³-hybridized carbons (Fsp3) is 0.133. The van der Waals surface area contributed by atoms with Crippen molar-refractivity contribution < 1.29 is 9.18 Å². The Labute approximate surface area is 133 Å². The molecule has 0 atom stereocenters. The second-order valence-electron chi connectivity index (χ2n) is 4.24. The van der Waals surface area contributed by atoms with Crippen LogP contribution in [0.5, 0.6) is 0 Å². The van der Waals surface area contributed by atoms with E-state index in [0.29, 0.717) is 6.54 Å². The van der Waals surface area contributed by atoms with Crippen molar-refractivity contribution in [3.63, 3.8) is 0 Å². The van der Waals surface area contributed by atoms with Crippen LogP contribution in [0.25, 0.3) is 0 Å². The molecule has 0 fully saturated rings. The number of nitrogens with one attached hydrogen (secondary N) is 1. The molecule has 104 valence electrons. The molecule has 2 rings (SSSR count). The van der Waals surface area contributed by atoms with Gasteiger partial charge in [0.15, 0.2) is 0 Å². The molecule has 0 aliphatic carbocycles. The van der Waals surface area contributed by atoms with E-state index in [1.165, 1.54) is 6.07 Å². The molecule has 0 radical (unpaired) electrons. The van der Waals surface area contributed by atoms with E-state index < -0.39 is 11.7 Å². The monoisotopic (exact) mass is 399 g/mol. The molecule has 20 heavy (non-hydrogen) atoms. The molecule has 5 heteroatoms. The molecule has 0 aliphatic heterocycles. The highest BCUT2D eigenvalue weighted by Gasteiger charge is 2.13. The van der Waals surface area contributed by atoms with Crippen LogP contribution in [0.4, 0.5) is 4.39 Å². The Morgan fingerprint density at radius 1 is 1.15 bits per heavy atom. The van der Waals surface area contributed by atoms with Gasteiger partial charge in [-0.25, -0.2) is 4.39 Å². The number of carbonyl (C=O) groups excluding carboxylic acids is 1. The first-order chi connectivity index (χ1) is 9.61. The van der Waals surface area contributed by atoms with Crippen molar-refractivity contribution in [3.05, 3.63) is 69.4 Å². The van der Waals surface area contributed by atoms with Gasteiger partial charge in [-0.2, -0.15) is 0 Å². The Morgan fingerprint density at radius 2 is 1.85 bits per heavy atom. The van der Waals surface area contributed by atoms with Crippen LogP contribution in [-0.4, -0.2) is 5.91 Å². The van der Waals surface area contributed by atoms with Gasteiger partial charge in [-0.1, -0.05) is 46.3 Å². The van der Waals surface area contributed by atoms with E-state index in [4.69, 9.17) is 0 Å². The Balaban J connectivity index is 2.06. The lowest BCUT2D eigenvalue weighted by Gasteiger charge is -2.08. The fourth-order valence-corrected chi connectivity index (χ4v) is 2.49. The van der Waals surface area contributed by atoms with Crippen LogP contribution >= 0.6 is 31.9 Å². The summed E-state index contributed by atoms with van der Waals surface area (Å²) < 4.78 is 14.1. The van der Waals surface area contributed by atoms with E-state index in [-0.39, 0.29) is 10.0 Å². The van der Waals surface area contributed by atoms with Gasteiger partial charge in [0.2, 0.25) is 0 Å². The molecule has 2 aromatic carbocycles. The SMILES string of the molecule is O=C(NCc1cccc(CBr)c1)c1cccc(Br)c1F. The maximum Gasteiger partial charge on any atom is 0.254 e. The van der Waals surface area contributed by atoms with E-state index in [1.807, 2.05) is 24.3 Å². The molecule has 0 spiro atoms. The number of hydrogen-bond donors (Lipinski definition) is 1. The summed E-state index contributed by atoms with van der Waals surface area (Å²) >= 11 is 6.45. The second kappa shape index (κ2) is 6.99. The minimum atomic E-state index is -0.542. The van der Waals surface area contributed by atoms with Crippen molar-refractivity contribution in [1.29, 1.82) is 0 Å². The van der Waals surface area contributed by atoms with E-state index in [9.17, 15) is 9.18 Å². The van der Waals surface area contributed by atoms with Gasteiger partial charge >= 0.3 is 0 Å². The van der Waals surface area contributed by atoms with Crippen molar-refractivity contribution in [3.8, 4) is 0 Å². The summed E-state index contributed by atoms with van der Waals surface area (Å²) in [5.41, 5.74) is 2.15. The molecular weight excluding hydrogens is 389 g/mol. The zero-order valence-electron chi connectivity index (χ0n) is 10.5. The number of hydrogen-bond acceptors (Lipinski definition) is 1. The molecule has 1 amide bonds. The van der Waals surface area contributed by atoms with Gasteiger partial charge in [-0.3, -0.25) is 4.79 Å². The summed E-state index contributed by atoms with van der Waals surface area (Å²) in [7, 11) is 0. The summed E-state index contributed by atoms with van der Waals surface area (Å²) in [5.74, 6) is -0.966. The molecule has 0 unspecified atom stereocenters. The van der Waals surface area contributed by atoms with Crippen molar-refractivity contribution in [2.45, 2.75) is 11.9 Å². The predicted molar refractivity (Wildman–Crippen MR) is 84.3 cm³/mol. The highest BCUT2D eigenvalue weighted by atomic mass is 79.9. The van der Waals surface area contributed by atoms with Gasteiger partial charge in [-0.15, -0.1) is 0 Å². The number of carbonyl (C=O) groups is 1. The van der Waals surface area contributed by atoms with Crippen LogP contribution in [0.2, 0.25) is 0 Å². The number of amides is 1. The summed E-state index contributed by atoms with van der Waals surface area (Å²) in [4.78, 5) is 12.0. The predicted octanol–water partition coefficient (Wildman–Crippen LogP) is 4.41. The van der Waals surface area contributed by atoms with Gasteiger partial charge in [0.1, 0.15) is 5.82 Å². The number of halogens is 3. The van der Waals surface area contributed by atoms with Crippen molar-refractivity contribution in [2.24, 2.45) is 0 Å². The lowest BCUT2D eigenvalue weighted by Crippen LogP contribution is -2.24. The minimum Gasteiger partial charge on any atom is -0.348 e. The highest BCUT2D eigenvalue weighted by molar-refractivity contribution is 9.10. The van der Waals surface area contributed by atoms with Crippen LogP contribution in [0.15, 0.2) is 46.9 Å². The number of alkyl halides is 1. The Kier molecular flexibility index (Phi) is 5.31. The Hall–Kier alpha value is -1.20. The van der Waals surface area contributed by atoms with Crippen molar-refractivity contribution >= 4 is 37.8 Å². The first kappa shape index (κ1) is 15.2. The van der Waals surface area contributed by atoms with Crippen molar-refractivity contribution in [2.75, 3.05) is 0 Å². The summed E-state index contributed by atoms with van der Waals surface area (Å²) in [6.07, 6.45) is 0. The lowest BCUT2D eigenvalue weighted by molar-refractivity contribution is 0.0946. The first-order valence-electron chi connectivity index (χ1n) is 5.98. The van der Waals surface area contributed by atoms with Crippen LogP contribution < -0.4 is 5.32 Å². The molecule has 0 bridgehead atoms. The van der Waals surface area contributed by atoms with Gasteiger partial charge < -0.3 is 5.32 Å². The molecule has 1 N–H and O–H groups in total. The van der Waals surface area contributed by atoms with Gasteiger partial charge in [0.25, 0.3) is 5.91 Å². The Morgan fingerprint density at radius 3 is 2.60 bits per heavy atom. The highest BCUT2D eigenvalue weighted by Crippen LogP contribution is 2.18. The molecule has 0 aliphatic rings. The third kappa shape index (κ3) is 3.67.